The average molecular weight is 252 g/mol. The molecule has 0 saturated heterocycles. The van der Waals surface area contributed by atoms with Gasteiger partial charge < -0.3 is 4.74 Å². The Balaban J connectivity index is 3.38. The fourth-order valence-corrected chi connectivity index (χ4v) is 1.73. The number of nitro benzene ring substituents is 1. The number of hydrogen-bond acceptors (Lipinski definition) is 5. The van der Waals surface area contributed by atoms with Crippen LogP contribution in [0, 0.1) is 10.1 Å². The average Bonchev–Trinajstić information content (AvgIpc) is 2.15. The molecule has 0 unspecified atom stereocenters. The van der Waals surface area contributed by atoms with E-state index in [4.69, 9.17) is 10.7 Å². The third-order valence-corrected chi connectivity index (χ3v) is 2.98. The number of halogens is 1. The van der Waals surface area contributed by atoms with E-state index in [2.05, 4.69) is 4.74 Å². The van der Waals surface area contributed by atoms with Gasteiger partial charge >= 0.3 is 5.69 Å². The summed E-state index contributed by atoms with van der Waals surface area (Å²) in [6.45, 7) is 0. The highest BCUT2D eigenvalue weighted by atomic mass is 35.7. The van der Waals surface area contributed by atoms with Crippen molar-refractivity contribution >= 4 is 25.4 Å². The van der Waals surface area contributed by atoms with E-state index in [0.29, 0.717) is 0 Å². The van der Waals surface area contributed by atoms with Crippen molar-refractivity contribution in [3.63, 3.8) is 0 Å². The number of methoxy groups -OCH3 is 1. The predicted octanol–water partition coefficient (Wildman–Crippen LogP) is 1.53. The van der Waals surface area contributed by atoms with Gasteiger partial charge in [0.25, 0.3) is 9.05 Å². The summed E-state index contributed by atoms with van der Waals surface area (Å²) < 4.78 is 26.5. The highest BCUT2D eigenvalue weighted by molar-refractivity contribution is 8.13. The van der Waals surface area contributed by atoms with E-state index in [1.165, 1.54) is 7.11 Å². The molecule has 0 aliphatic heterocycles. The molecule has 15 heavy (non-hydrogen) atoms. The van der Waals surface area contributed by atoms with Crippen molar-refractivity contribution in [1.29, 1.82) is 0 Å². The summed E-state index contributed by atoms with van der Waals surface area (Å²) in [4.78, 5) is 9.56. The SMILES string of the molecule is COc1cc(S(=O)(=O)Cl)ccc1[N+](=O)[O-]. The molecular weight excluding hydrogens is 246 g/mol. The van der Waals surface area contributed by atoms with Gasteiger partial charge in [0.15, 0.2) is 5.75 Å². The van der Waals surface area contributed by atoms with E-state index in [0.717, 1.165) is 18.2 Å². The van der Waals surface area contributed by atoms with Crippen LogP contribution in [-0.2, 0) is 9.05 Å². The lowest BCUT2D eigenvalue weighted by atomic mass is 10.3. The first-order valence-electron chi connectivity index (χ1n) is 3.63. The van der Waals surface area contributed by atoms with Crippen molar-refractivity contribution in [3.8, 4) is 5.75 Å². The molecule has 0 heterocycles. The quantitative estimate of drug-likeness (QED) is 0.462. The summed E-state index contributed by atoms with van der Waals surface area (Å²) in [6, 6.07) is 3.07. The van der Waals surface area contributed by atoms with Gasteiger partial charge in [-0.2, -0.15) is 0 Å². The molecular formula is C7H6ClNO5S. The molecule has 1 rings (SSSR count). The molecule has 0 fully saturated rings. The van der Waals surface area contributed by atoms with Crippen LogP contribution >= 0.6 is 10.7 Å². The van der Waals surface area contributed by atoms with Crippen molar-refractivity contribution in [3.05, 3.63) is 28.3 Å². The molecule has 8 heteroatoms. The largest absolute Gasteiger partial charge is 0.490 e. The number of rotatable bonds is 3. The smallest absolute Gasteiger partial charge is 0.310 e. The van der Waals surface area contributed by atoms with E-state index in [1.54, 1.807) is 0 Å². The lowest BCUT2D eigenvalue weighted by Gasteiger charge is -2.02. The Morgan fingerprint density at radius 1 is 1.47 bits per heavy atom. The van der Waals surface area contributed by atoms with Crippen molar-refractivity contribution in [2.24, 2.45) is 0 Å². The molecule has 0 radical (unpaired) electrons. The Bertz CT molecular complexity index is 498. The summed E-state index contributed by atoms with van der Waals surface area (Å²) in [5.41, 5.74) is -0.318. The second-order valence-corrected chi connectivity index (χ2v) is 5.09. The molecule has 0 N–H and O–H groups in total. The van der Waals surface area contributed by atoms with Crippen LogP contribution in [0.3, 0.4) is 0 Å². The van der Waals surface area contributed by atoms with Gasteiger partial charge in [0.05, 0.1) is 16.9 Å². The zero-order chi connectivity index (χ0) is 11.6. The number of nitrogens with zero attached hydrogens (tertiary/aromatic N) is 1. The molecule has 0 aromatic heterocycles. The first-order chi connectivity index (χ1) is 6.86. The van der Waals surface area contributed by atoms with Gasteiger partial charge in [0.1, 0.15) is 0 Å². The molecule has 0 amide bonds. The summed E-state index contributed by atoms with van der Waals surface area (Å²) >= 11 is 0. The van der Waals surface area contributed by atoms with E-state index < -0.39 is 14.0 Å². The first kappa shape index (κ1) is 11.7. The highest BCUT2D eigenvalue weighted by Gasteiger charge is 2.19. The lowest BCUT2D eigenvalue weighted by molar-refractivity contribution is -0.385. The third kappa shape index (κ3) is 2.57. The van der Waals surface area contributed by atoms with Crippen LogP contribution in [0.4, 0.5) is 5.69 Å². The van der Waals surface area contributed by atoms with Gasteiger partial charge in [-0.1, -0.05) is 0 Å². The summed E-state index contributed by atoms with van der Waals surface area (Å²) in [5, 5.41) is 10.5. The van der Waals surface area contributed by atoms with Crippen molar-refractivity contribution in [1.82, 2.24) is 0 Å². The minimum Gasteiger partial charge on any atom is -0.490 e. The van der Waals surface area contributed by atoms with Crippen molar-refractivity contribution in [2.45, 2.75) is 4.90 Å². The molecule has 0 aliphatic carbocycles. The normalized spacial score (nSPS) is 11.1. The van der Waals surface area contributed by atoms with E-state index in [-0.39, 0.29) is 16.3 Å². The molecule has 6 nitrogen and oxygen atoms in total. The maximum absolute atomic E-state index is 10.9. The molecule has 0 bridgehead atoms. The zero-order valence-corrected chi connectivity index (χ0v) is 9.08. The van der Waals surface area contributed by atoms with Gasteiger partial charge in [-0.05, 0) is 6.07 Å². The number of hydrogen-bond donors (Lipinski definition) is 0. The minimum absolute atomic E-state index is 0.151. The van der Waals surface area contributed by atoms with Gasteiger partial charge in [-0.25, -0.2) is 8.42 Å². The molecule has 0 saturated carbocycles. The highest BCUT2D eigenvalue weighted by Crippen LogP contribution is 2.30. The van der Waals surface area contributed by atoms with Crippen LogP contribution < -0.4 is 4.74 Å². The van der Waals surface area contributed by atoms with Crippen LogP contribution in [0.15, 0.2) is 23.1 Å². The molecule has 1 aromatic carbocycles. The van der Waals surface area contributed by atoms with E-state index in [9.17, 15) is 18.5 Å². The molecule has 0 spiro atoms. The maximum atomic E-state index is 10.9. The number of nitro groups is 1. The Kier molecular flexibility index (Phi) is 3.15. The van der Waals surface area contributed by atoms with Gasteiger partial charge in [-0.3, -0.25) is 10.1 Å². The summed E-state index contributed by atoms with van der Waals surface area (Å²) in [6.07, 6.45) is 0. The fraction of sp³-hybridized carbons (Fsp3) is 0.143. The standard InChI is InChI=1S/C7H6ClNO5S/c1-14-7-4-5(15(8,12)13)2-3-6(7)9(10)11/h2-4H,1H3. The second kappa shape index (κ2) is 4.03. The monoisotopic (exact) mass is 251 g/mol. The number of ether oxygens (including phenoxy) is 1. The third-order valence-electron chi connectivity index (χ3n) is 1.63. The summed E-state index contributed by atoms with van der Waals surface area (Å²) in [7, 11) is 2.36. The Labute approximate surface area is 90.0 Å². The topological polar surface area (TPSA) is 86.5 Å². The first-order valence-corrected chi connectivity index (χ1v) is 5.94. The molecule has 82 valence electrons. The van der Waals surface area contributed by atoms with Crippen LogP contribution in [0.1, 0.15) is 0 Å². The van der Waals surface area contributed by atoms with E-state index in [1.807, 2.05) is 0 Å². The van der Waals surface area contributed by atoms with Gasteiger partial charge in [0, 0.05) is 22.8 Å². The van der Waals surface area contributed by atoms with Crippen LogP contribution in [0.5, 0.6) is 5.75 Å². The Hall–Kier alpha value is -1.34. The van der Waals surface area contributed by atoms with E-state index >= 15 is 0 Å². The summed E-state index contributed by atoms with van der Waals surface area (Å²) in [5.74, 6) is -0.151. The van der Waals surface area contributed by atoms with Crippen LogP contribution in [0.2, 0.25) is 0 Å². The van der Waals surface area contributed by atoms with Crippen LogP contribution in [0.25, 0.3) is 0 Å². The second-order valence-electron chi connectivity index (χ2n) is 2.53. The van der Waals surface area contributed by atoms with Crippen LogP contribution in [-0.4, -0.2) is 20.5 Å². The number of benzene rings is 1. The van der Waals surface area contributed by atoms with Crippen molar-refractivity contribution in [2.75, 3.05) is 7.11 Å². The Morgan fingerprint density at radius 2 is 2.07 bits per heavy atom. The van der Waals surface area contributed by atoms with Gasteiger partial charge in [0.2, 0.25) is 0 Å². The maximum Gasteiger partial charge on any atom is 0.310 e. The zero-order valence-electron chi connectivity index (χ0n) is 7.51. The minimum atomic E-state index is -3.91. The van der Waals surface area contributed by atoms with Gasteiger partial charge in [-0.15, -0.1) is 0 Å². The fourth-order valence-electron chi connectivity index (χ4n) is 0.960. The molecule has 0 atom stereocenters. The van der Waals surface area contributed by atoms with Crippen molar-refractivity contribution < 1.29 is 18.1 Å². The molecule has 1 aromatic rings. The lowest BCUT2D eigenvalue weighted by Crippen LogP contribution is -1.97. The predicted molar refractivity (Wildman–Crippen MR) is 52.7 cm³/mol. The molecule has 0 aliphatic rings. The Morgan fingerprint density at radius 3 is 2.47 bits per heavy atom.